The number of benzene rings is 2. The van der Waals surface area contributed by atoms with Crippen LogP contribution in [0.5, 0.6) is 11.5 Å². The number of rotatable bonds is 4. The van der Waals surface area contributed by atoms with Crippen LogP contribution in [0.25, 0.3) is 0 Å². The van der Waals surface area contributed by atoms with Crippen molar-refractivity contribution in [2.24, 2.45) is 5.73 Å². The number of carbonyl (C=O) groups excluding carboxylic acids is 1. The van der Waals surface area contributed by atoms with Gasteiger partial charge in [0.2, 0.25) is 5.91 Å². The zero-order valence-electron chi connectivity index (χ0n) is 11.0. The van der Waals surface area contributed by atoms with Crippen LogP contribution >= 0.6 is 0 Å². The third kappa shape index (κ3) is 3.00. The van der Waals surface area contributed by atoms with Crippen molar-refractivity contribution in [2.45, 2.75) is 13.0 Å². The Morgan fingerprint density at radius 2 is 1.95 bits per heavy atom. The lowest BCUT2D eigenvalue weighted by Crippen LogP contribution is -2.12. The Labute approximate surface area is 116 Å². The molecule has 104 valence electrons. The molecule has 0 saturated carbocycles. The molecule has 0 heterocycles. The van der Waals surface area contributed by atoms with E-state index in [9.17, 15) is 15.0 Å². The molecule has 0 aromatic heterocycles. The third-order valence-electron chi connectivity index (χ3n) is 3.01. The molecule has 5 N–H and O–H groups in total. The number of phenolic OH excluding ortho intramolecular Hbond substituents is 2. The predicted molar refractivity (Wildman–Crippen MR) is 76.8 cm³/mol. The fourth-order valence-corrected chi connectivity index (χ4v) is 1.98. The molecule has 0 spiro atoms. The van der Waals surface area contributed by atoms with Crippen molar-refractivity contribution < 1.29 is 15.0 Å². The van der Waals surface area contributed by atoms with Crippen LogP contribution in [0, 0.1) is 0 Å². The van der Waals surface area contributed by atoms with E-state index >= 15 is 0 Å². The number of phenols is 2. The first kappa shape index (κ1) is 13.7. The standard InChI is InChI=1S/C15H16N2O3/c1-9(13-8-12(18)5-6-14(13)19)17-11-4-2-3-10(7-11)15(16)20/h2-9,17-19H,1H3,(H2,16,20). The number of hydrogen-bond donors (Lipinski definition) is 4. The van der Waals surface area contributed by atoms with E-state index in [1.807, 2.05) is 6.92 Å². The lowest BCUT2D eigenvalue weighted by Gasteiger charge is -2.17. The molecule has 1 atom stereocenters. The first-order valence-corrected chi connectivity index (χ1v) is 6.15. The number of nitrogens with one attached hydrogen (secondary N) is 1. The maximum atomic E-state index is 11.1. The highest BCUT2D eigenvalue weighted by Gasteiger charge is 2.12. The molecule has 0 aliphatic rings. The van der Waals surface area contributed by atoms with Crippen molar-refractivity contribution in [1.82, 2.24) is 0 Å². The minimum Gasteiger partial charge on any atom is -0.508 e. The molecule has 2 rings (SSSR count). The van der Waals surface area contributed by atoms with E-state index in [1.165, 1.54) is 18.2 Å². The maximum absolute atomic E-state index is 11.1. The molecule has 2 aromatic carbocycles. The number of nitrogens with two attached hydrogens (primary N) is 1. The minimum atomic E-state index is -0.499. The summed E-state index contributed by atoms with van der Waals surface area (Å²) >= 11 is 0. The monoisotopic (exact) mass is 272 g/mol. The summed E-state index contributed by atoms with van der Waals surface area (Å²) in [5, 5.41) is 22.4. The lowest BCUT2D eigenvalue weighted by molar-refractivity contribution is 0.100. The summed E-state index contributed by atoms with van der Waals surface area (Å²) in [6.07, 6.45) is 0. The smallest absolute Gasteiger partial charge is 0.248 e. The highest BCUT2D eigenvalue weighted by atomic mass is 16.3. The van der Waals surface area contributed by atoms with Gasteiger partial charge in [0.15, 0.2) is 0 Å². The zero-order chi connectivity index (χ0) is 14.7. The van der Waals surface area contributed by atoms with Gasteiger partial charge >= 0.3 is 0 Å². The average Bonchev–Trinajstić information content (AvgIpc) is 2.41. The Morgan fingerprint density at radius 1 is 1.20 bits per heavy atom. The van der Waals surface area contributed by atoms with E-state index in [-0.39, 0.29) is 17.5 Å². The van der Waals surface area contributed by atoms with Crippen LogP contribution < -0.4 is 11.1 Å². The maximum Gasteiger partial charge on any atom is 0.248 e. The highest BCUT2D eigenvalue weighted by Crippen LogP contribution is 2.30. The normalized spacial score (nSPS) is 11.8. The Morgan fingerprint density at radius 3 is 2.65 bits per heavy atom. The highest BCUT2D eigenvalue weighted by molar-refractivity contribution is 5.93. The first-order valence-electron chi connectivity index (χ1n) is 6.15. The molecule has 0 fully saturated rings. The van der Waals surface area contributed by atoms with Gasteiger partial charge in [0.25, 0.3) is 0 Å². The fourth-order valence-electron chi connectivity index (χ4n) is 1.98. The summed E-state index contributed by atoms with van der Waals surface area (Å²) in [5.41, 5.74) is 6.90. The Kier molecular flexibility index (Phi) is 3.79. The molecule has 0 aliphatic heterocycles. The van der Waals surface area contributed by atoms with Crippen molar-refractivity contribution in [2.75, 3.05) is 5.32 Å². The van der Waals surface area contributed by atoms with Gasteiger partial charge in [-0.2, -0.15) is 0 Å². The zero-order valence-corrected chi connectivity index (χ0v) is 11.0. The SMILES string of the molecule is CC(Nc1cccc(C(N)=O)c1)c1cc(O)ccc1O. The Balaban J connectivity index is 2.23. The summed E-state index contributed by atoms with van der Waals surface area (Å²) in [6, 6.07) is 10.9. The van der Waals surface area contributed by atoms with Crippen LogP contribution in [-0.4, -0.2) is 16.1 Å². The van der Waals surface area contributed by atoms with Gasteiger partial charge in [0, 0.05) is 16.8 Å². The number of aromatic hydroxyl groups is 2. The van der Waals surface area contributed by atoms with Crippen LogP contribution in [-0.2, 0) is 0 Å². The van der Waals surface area contributed by atoms with Gasteiger partial charge in [-0.05, 0) is 43.3 Å². The summed E-state index contributed by atoms with van der Waals surface area (Å²) in [5.74, 6) is -0.326. The largest absolute Gasteiger partial charge is 0.508 e. The van der Waals surface area contributed by atoms with Gasteiger partial charge in [-0.3, -0.25) is 4.79 Å². The van der Waals surface area contributed by atoms with Crippen molar-refractivity contribution in [3.05, 3.63) is 53.6 Å². The van der Waals surface area contributed by atoms with Crippen LogP contribution in [0.2, 0.25) is 0 Å². The molecule has 0 saturated heterocycles. The van der Waals surface area contributed by atoms with Crippen molar-refractivity contribution in [3.63, 3.8) is 0 Å². The summed E-state index contributed by atoms with van der Waals surface area (Å²) < 4.78 is 0. The fraction of sp³-hybridized carbons (Fsp3) is 0.133. The van der Waals surface area contributed by atoms with E-state index in [0.717, 1.165) is 0 Å². The first-order chi connectivity index (χ1) is 9.47. The molecular weight excluding hydrogens is 256 g/mol. The van der Waals surface area contributed by atoms with E-state index in [2.05, 4.69) is 5.32 Å². The molecule has 0 radical (unpaired) electrons. The summed E-state index contributed by atoms with van der Waals surface area (Å²) in [6.45, 7) is 1.84. The minimum absolute atomic E-state index is 0.0809. The topological polar surface area (TPSA) is 95.6 Å². The molecular formula is C15H16N2O3. The van der Waals surface area contributed by atoms with Gasteiger partial charge in [0.1, 0.15) is 11.5 Å². The number of hydrogen-bond acceptors (Lipinski definition) is 4. The Hall–Kier alpha value is -2.69. The van der Waals surface area contributed by atoms with E-state index in [1.54, 1.807) is 24.3 Å². The summed E-state index contributed by atoms with van der Waals surface area (Å²) in [7, 11) is 0. The van der Waals surface area contributed by atoms with Crippen molar-refractivity contribution in [3.8, 4) is 11.5 Å². The average molecular weight is 272 g/mol. The predicted octanol–water partition coefficient (Wildman–Crippen LogP) is 2.37. The molecule has 1 amide bonds. The van der Waals surface area contributed by atoms with Gasteiger partial charge in [0.05, 0.1) is 6.04 Å². The van der Waals surface area contributed by atoms with Crippen LogP contribution in [0.4, 0.5) is 5.69 Å². The number of carbonyl (C=O) groups is 1. The van der Waals surface area contributed by atoms with Crippen LogP contribution in [0.3, 0.4) is 0 Å². The van der Waals surface area contributed by atoms with Crippen LogP contribution in [0.1, 0.15) is 28.9 Å². The van der Waals surface area contributed by atoms with Gasteiger partial charge in [-0.1, -0.05) is 6.07 Å². The second-order valence-corrected chi connectivity index (χ2v) is 4.55. The summed E-state index contributed by atoms with van der Waals surface area (Å²) in [4.78, 5) is 11.1. The van der Waals surface area contributed by atoms with Crippen LogP contribution in [0.15, 0.2) is 42.5 Å². The lowest BCUT2D eigenvalue weighted by atomic mass is 10.1. The Bertz CT molecular complexity index is 641. The molecule has 0 bridgehead atoms. The molecule has 1 unspecified atom stereocenters. The number of anilines is 1. The van der Waals surface area contributed by atoms with E-state index < -0.39 is 5.91 Å². The number of amides is 1. The third-order valence-corrected chi connectivity index (χ3v) is 3.01. The molecule has 20 heavy (non-hydrogen) atoms. The van der Waals surface area contributed by atoms with Crippen molar-refractivity contribution >= 4 is 11.6 Å². The molecule has 5 heteroatoms. The molecule has 0 aliphatic carbocycles. The number of primary amides is 1. The van der Waals surface area contributed by atoms with E-state index in [4.69, 9.17) is 5.73 Å². The molecule has 5 nitrogen and oxygen atoms in total. The second-order valence-electron chi connectivity index (χ2n) is 4.55. The second kappa shape index (κ2) is 5.52. The van der Waals surface area contributed by atoms with Gasteiger partial charge < -0.3 is 21.3 Å². The van der Waals surface area contributed by atoms with Gasteiger partial charge in [-0.25, -0.2) is 0 Å². The van der Waals surface area contributed by atoms with Crippen molar-refractivity contribution in [1.29, 1.82) is 0 Å². The quantitative estimate of drug-likeness (QED) is 0.642. The molecule has 2 aromatic rings. The van der Waals surface area contributed by atoms with Gasteiger partial charge in [-0.15, -0.1) is 0 Å². The van der Waals surface area contributed by atoms with E-state index in [0.29, 0.717) is 16.8 Å².